The number of carbonyl (C=O) groups excluding carboxylic acids is 1. The number of nitrogens with zero attached hydrogens (tertiary/aromatic N) is 2. The molecule has 0 fully saturated rings. The average Bonchev–Trinajstić information content (AvgIpc) is 2.99. The largest absolute Gasteiger partial charge is 0.341 e. The van der Waals surface area contributed by atoms with Gasteiger partial charge in [0.1, 0.15) is 0 Å². The summed E-state index contributed by atoms with van der Waals surface area (Å²) in [7, 11) is 1.70. The van der Waals surface area contributed by atoms with Gasteiger partial charge >= 0.3 is 0 Å². The maximum absolute atomic E-state index is 11.9. The number of thiophene rings is 1. The number of benzene rings is 1. The Labute approximate surface area is 142 Å². The highest BCUT2D eigenvalue weighted by molar-refractivity contribution is 9.10. The molecule has 3 nitrogen and oxygen atoms in total. The molecule has 0 N–H and O–H groups in total. The van der Waals surface area contributed by atoms with Gasteiger partial charge in [0.2, 0.25) is 5.91 Å². The first-order valence-electron chi connectivity index (χ1n) is 6.76. The monoisotopic (exact) mass is 374 g/mol. The molecule has 1 aromatic heterocycles. The van der Waals surface area contributed by atoms with Crippen molar-refractivity contribution in [3.63, 3.8) is 0 Å². The number of carbonyl (C=O) groups is 1. The third-order valence-corrected chi connectivity index (χ3v) is 4.71. The van der Waals surface area contributed by atoms with Gasteiger partial charge in [-0.2, -0.15) is 5.26 Å². The molecule has 0 aliphatic heterocycles. The van der Waals surface area contributed by atoms with Gasteiger partial charge in [-0.1, -0.05) is 28.1 Å². The van der Waals surface area contributed by atoms with Crippen LogP contribution in [0, 0.1) is 11.3 Å². The third-order valence-electron chi connectivity index (χ3n) is 3.08. The Kier molecular flexibility index (Phi) is 5.93. The lowest BCUT2D eigenvalue weighted by molar-refractivity contribution is -0.124. The quantitative estimate of drug-likeness (QED) is 0.719. The van der Waals surface area contributed by atoms with E-state index < -0.39 is 0 Å². The highest BCUT2D eigenvalue weighted by Gasteiger charge is 2.05. The zero-order valence-electron chi connectivity index (χ0n) is 12.1. The summed E-state index contributed by atoms with van der Waals surface area (Å²) in [6.07, 6.45) is 3.72. The molecule has 22 heavy (non-hydrogen) atoms. The van der Waals surface area contributed by atoms with Gasteiger partial charge in [0.25, 0.3) is 0 Å². The Balaban J connectivity index is 2.03. The van der Waals surface area contributed by atoms with E-state index in [4.69, 9.17) is 5.26 Å². The van der Waals surface area contributed by atoms with Crippen LogP contribution in [0.3, 0.4) is 0 Å². The Morgan fingerprint density at radius 3 is 2.73 bits per heavy atom. The summed E-state index contributed by atoms with van der Waals surface area (Å²) < 4.78 is 1.05. The standard InChI is InChI=1S/C17H15BrN2OS/c1-20(12-2-11-19)17(21)10-8-15-7-9-16(22-15)13-3-5-14(18)6-4-13/h3-10H,2,12H2,1H3. The molecule has 0 aliphatic rings. The highest BCUT2D eigenvalue weighted by Crippen LogP contribution is 2.29. The van der Waals surface area contributed by atoms with Gasteiger partial charge < -0.3 is 4.90 Å². The molecule has 1 heterocycles. The summed E-state index contributed by atoms with van der Waals surface area (Å²) in [4.78, 5) is 15.6. The summed E-state index contributed by atoms with van der Waals surface area (Å²) in [5.74, 6) is -0.0890. The minimum absolute atomic E-state index is 0.0890. The van der Waals surface area contributed by atoms with Crippen molar-refractivity contribution in [1.82, 2.24) is 4.90 Å². The minimum Gasteiger partial charge on any atom is -0.341 e. The van der Waals surface area contributed by atoms with E-state index in [1.807, 2.05) is 30.3 Å². The highest BCUT2D eigenvalue weighted by atomic mass is 79.9. The topological polar surface area (TPSA) is 44.1 Å². The number of likely N-dealkylation sites (N-methyl/N-ethyl adjacent to an activating group) is 1. The predicted molar refractivity (Wildman–Crippen MR) is 94.4 cm³/mol. The Morgan fingerprint density at radius 2 is 2.05 bits per heavy atom. The van der Waals surface area contributed by atoms with Crippen LogP contribution in [0.1, 0.15) is 11.3 Å². The fraction of sp³-hybridized carbons (Fsp3) is 0.176. The van der Waals surface area contributed by atoms with Crippen molar-refractivity contribution < 1.29 is 4.79 Å². The number of hydrogen-bond donors (Lipinski definition) is 0. The normalized spacial score (nSPS) is 10.6. The maximum atomic E-state index is 11.9. The van der Waals surface area contributed by atoms with Crippen LogP contribution in [0.15, 0.2) is 46.9 Å². The van der Waals surface area contributed by atoms with E-state index >= 15 is 0 Å². The summed E-state index contributed by atoms with van der Waals surface area (Å²) in [6.45, 7) is 0.453. The molecule has 2 rings (SSSR count). The molecule has 0 unspecified atom stereocenters. The molecule has 0 radical (unpaired) electrons. The van der Waals surface area contributed by atoms with Crippen LogP contribution >= 0.6 is 27.3 Å². The van der Waals surface area contributed by atoms with Crippen LogP contribution < -0.4 is 0 Å². The van der Waals surface area contributed by atoms with Crippen LogP contribution in [-0.4, -0.2) is 24.4 Å². The zero-order chi connectivity index (χ0) is 15.9. The van der Waals surface area contributed by atoms with Crippen molar-refractivity contribution in [3.05, 3.63) is 51.8 Å². The smallest absolute Gasteiger partial charge is 0.246 e. The fourth-order valence-electron chi connectivity index (χ4n) is 1.82. The number of nitriles is 1. The minimum atomic E-state index is -0.0890. The summed E-state index contributed by atoms with van der Waals surface area (Å²) in [5.41, 5.74) is 1.16. The number of hydrogen-bond acceptors (Lipinski definition) is 3. The summed E-state index contributed by atoms with van der Waals surface area (Å²) in [5, 5.41) is 8.53. The van der Waals surface area contributed by atoms with E-state index in [0.29, 0.717) is 13.0 Å². The second-order valence-corrected chi connectivity index (χ2v) is 6.74. The van der Waals surface area contributed by atoms with Gasteiger partial charge in [0.15, 0.2) is 0 Å². The molecular formula is C17H15BrN2OS. The number of amides is 1. The Bertz CT molecular complexity index is 713. The van der Waals surface area contributed by atoms with E-state index in [-0.39, 0.29) is 5.91 Å². The first-order valence-corrected chi connectivity index (χ1v) is 8.37. The fourth-order valence-corrected chi connectivity index (χ4v) is 3.00. The number of rotatable bonds is 5. The van der Waals surface area contributed by atoms with Gasteiger partial charge in [-0.15, -0.1) is 11.3 Å². The van der Waals surface area contributed by atoms with Crippen molar-refractivity contribution >= 4 is 39.2 Å². The number of halogens is 1. The van der Waals surface area contributed by atoms with E-state index in [9.17, 15) is 4.79 Å². The predicted octanol–water partition coefficient (Wildman–Crippen LogP) is 4.56. The molecule has 0 atom stereocenters. The summed E-state index contributed by atoms with van der Waals surface area (Å²) >= 11 is 5.06. The van der Waals surface area contributed by atoms with E-state index in [0.717, 1.165) is 19.8 Å². The molecule has 0 saturated heterocycles. The van der Waals surface area contributed by atoms with Crippen LogP contribution in [0.25, 0.3) is 16.5 Å². The van der Waals surface area contributed by atoms with Crippen molar-refractivity contribution in [2.45, 2.75) is 6.42 Å². The molecule has 2 aromatic rings. The van der Waals surface area contributed by atoms with Gasteiger partial charge in [-0.25, -0.2) is 0 Å². The van der Waals surface area contributed by atoms with E-state index in [1.165, 1.54) is 0 Å². The third kappa shape index (κ3) is 4.55. The second kappa shape index (κ2) is 7.92. The van der Waals surface area contributed by atoms with Crippen LogP contribution in [-0.2, 0) is 4.79 Å². The molecule has 1 amide bonds. The molecule has 112 valence electrons. The Hall–Kier alpha value is -1.90. The van der Waals surface area contributed by atoms with Gasteiger partial charge in [-0.3, -0.25) is 4.79 Å². The average molecular weight is 375 g/mol. The molecule has 0 saturated carbocycles. The zero-order valence-corrected chi connectivity index (χ0v) is 14.5. The molecular weight excluding hydrogens is 360 g/mol. The molecule has 1 aromatic carbocycles. The van der Waals surface area contributed by atoms with E-state index in [2.05, 4.69) is 34.1 Å². The van der Waals surface area contributed by atoms with Crippen molar-refractivity contribution in [2.24, 2.45) is 0 Å². The lowest BCUT2D eigenvalue weighted by Crippen LogP contribution is -2.25. The van der Waals surface area contributed by atoms with Gasteiger partial charge in [0.05, 0.1) is 12.5 Å². The SMILES string of the molecule is CN(CCC#N)C(=O)C=Cc1ccc(-c2ccc(Br)cc2)s1. The van der Waals surface area contributed by atoms with Crippen molar-refractivity contribution in [1.29, 1.82) is 5.26 Å². The van der Waals surface area contributed by atoms with E-state index in [1.54, 1.807) is 29.4 Å². The second-order valence-electron chi connectivity index (χ2n) is 4.71. The lowest BCUT2D eigenvalue weighted by atomic mass is 10.2. The Morgan fingerprint density at radius 1 is 1.32 bits per heavy atom. The molecule has 5 heteroatoms. The maximum Gasteiger partial charge on any atom is 0.246 e. The van der Waals surface area contributed by atoms with Crippen LogP contribution in [0.4, 0.5) is 0 Å². The molecule has 0 spiro atoms. The van der Waals surface area contributed by atoms with Gasteiger partial charge in [0, 0.05) is 33.9 Å². The van der Waals surface area contributed by atoms with Crippen molar-refractivity contribution in [3.8, 4) is 16.5 Å². The van der Waals surface area contributed by atoms with Crippen molar-refractivity contribution in [2.75, 3.05) is 13.6 Å². The van der Waals surface area contributed by atoms with Gasteiger partial charge in [-0.05, 0) is 35.9 Å². The molecule has 0 aliphatic carbocycles. The first-order chi connectivity index (χ1) is 10.6. The lowest BCUT2D eigenvalue weighted by Gasteiger charge is -2.11. The first kappa shape index (κ1) is 16.5. The van der Waals surface area contributed by atoms with Crippen LogP contribution in [0.5, 0.6) is 0 Å². The molecule has 0 bridgehead atoms. The summed E-state index contributed by atoms with van der Waals surface area (Å²) in [6, 6.07) is 14.2. The van der Waals surface area contributed by atoms with Crippen LogP contribution in [0.2, 0.25) is 0 Å².